The molecule has 0 saturated carbocycles. The standard InChI is InChI=1S/C15H12ClFN2/c1-10-2-5-14(7-15(10)16)19-9-12-6-13(17)4-3-11(12)8-18/h2-7,19H,9H2,1H3. The number of halogens is 2. The Morgan fingerprint density at radius 2 is 2.05 bits per heavy atom. The van der Waals surface area contributed by atoms with Crippen molar-refractivity contribution in [3.05, 3.63) is 63.9 Å². The van der Waals surface area contributed by atoms with E-state index in [1.54, 1.807) is 0 Å². The second-order valence-corrected chi connectivity index (χ2v) is 4.64. The van der Waals surface area contributed by atoms with Crippen LogP contribution >= 0.6 is 11.6 Å². The maximum Gasteiger partial charge on any atom is 0.123 e. The Morgan fingerprint density at radius 1 is 1.26 bits per heavy atom. The van der Waals surface area contributed by atoms with Gasteiger partial charge in [0, 0.05) is 17.3 Å². The highest BCUT2D eigenvalue weighted by molar-refractivity contribution is 6.31. The van der Waals surface area contributed by atoms with E-state index < -0.39 is 0 Å². The molecule has 0 aliphatic heterocycles. The van der Waals surface area contributed by atoms with Crippen molar-refractivity contribution in [2.24, 2.45) is 0 Å². The van der Waals surface area contributed by atoms with Crippen LogP contribution < -0.4 is 5.32 Å². The monoisotopic (exact) mass is 274 g/mol. The van der Waals surface area contributed by atoms with E-state index in [-0.39, 0.29) is 5.82 Å². The molecule has 96 valence electrons. The van der Waals surface area contributed by atoms with Crippen LogP contribution in [0.2, 0.25) is 5.02 Å². The zero-order valence-corrected chi connectivity index (χ0v) is 11.1. The van der Waals surface area contributed by atoms with Gasteiger partial charge < -0.3 is 5.32 Å². The summed E-state index contributed by atoms with van der Waals surface area (Å²) in [6, 6.07) is 11.8. The molecule has 2 rings (SSSR count). The molecule has 2 aromatic rings. The number of nitriles is 1. The summed E-state index contributed by atoms with van der Waals surface area (Å²) in [5.41, 5.74) is 2.92. The van der Waals surface area contributed by atoms with Crippen LogP contribution in [0.15, 0.2) is 36.4 Å². The molecule has 0 spiro atoms. The average Bonchev–Trinajstić information content (AvgIpc) is 2.40. The van der Waals surface area contributed by atoms with Crippen molar-refractivity contribution >= 4 is 17.3 Å². The van der Waals surface area contributed by atoms with Gasteiger partial charge in [-0.25, -0.2) is 4.39 Å². The fourth-order valence-corrected chi connectivity index (χ4v) is 1.90. The van der Waals surface area contributed by atoms with Gasteiger partial charge in [-0.3, -0.25) is 0 Å². The Kier molecular flexibility index (Phi) is 4.03. The molecule has 0 radical (unpaired) electrons. The third-order valence-electron chi connectivity index (χ3n) is 2.84. The van der Waals surface area contributed by atoms with Crippen LogP contribution in [0, 0.1) is 24.1 Å². The molecular formula is C15H12ClFN2. The van der Waals surface area contributed by atoms with Crippen molar-refractivity contribution in [1.82, 2.24) is 0 Å². The van der Waals surface area contributed by atoms with Crippen molar-refractivity contribution in [1.29, 1.82) is 5.26 Å². The third kappa shape index (κ3) is 3.24. The molecule has 0 aliphatic rings. The number of anilines is 1. The van der Waals surface area contributed by atoms with Crippen LogP contribution in [-0.4, -0.2) is 0 Å². The first-order chi connectivity index (χ1) is 9.10. The maximum absolute atomic E-state index is 13.2. The molecule has 0 heterocycles. The van der Waals surface area contributed by atoms with Gasteiger partial charge in [-0.2, -0.15) is 5.26 Å². The summed E-state index contributed by atoms with van der Waals surface area (Å²) in [5.74, 6) is -0.349. The van der Waals surface area contributed by atoms with Crippen molar-refractivity contribution in [2.45, 2.75) is 13.5 Å². The van der Waals surface area contributed by atoms with Gasteiger partial charge in [-0.05, 0) is 48.4 Å². The van der Waals surface area contributed by atoms with Crippen LogP contribution in [0.25, 0.3) is 0 Å². The number of rotatable bonds is 3. The van der Waals surface area contributed by atoms with E-state index in [4.69, 9.17) is 16.9 Å². The Bertz CT molecular complexity index is 647. The van der Waals surface area contributed by atoms with E-state index in [2.05, 4.69) is 5.32 Å². The molecule has 19 heavy (non-hydrogen) atoms. The lowest BCUT2D eigenvalue weighted by atomic mass is 10.1. The number of hydrogen-bond acceptors (Lipinski definition) is 2. The molecule has 0 bridgehead atoms. The van der Waals surface area contributed by atoms with E-state index in [9.17, 15) is 4.39 Å². The first kappa shape index (κ1) is 13.4. The van der Waals surface area contributed by atoms with Gasteiger partial charge in [0.15, 0.2) is 0 Å². The fourth-order valence-electron chi connectivity index (χ4n) is 1.72. The van der Waals surface area contributed by atoms with E-state index >= 15 is 0 Å². The van der Waals surface area contributed by atoms with Gasteiger partial charge in [0.05, 0.1) is 11.6 Å². The van der Waals surface area contributed by atoms with Crippen molar-refractivity contribution < 1.29 is 4.39 Å². The highest BCUT2D eigenvalue weighted by atomic mass is 35.5. The van der Waals surface area contributed by atoms with E-state index in [0.29, 0.717) is 22.7 Å². The predicted octanol–water partition coefficient (Wildman–Crippen LogP) is 4.27. The zero-order valence-electron chi connectivity index (χ0n) is 10.4. The van der Waals surface area contributed by atoms with Crippen LogP contribution in [-0.2, 0) is 6.54 Å². The maximum atomic E-state index is 13.2. The second-order valence-electron chi connectivity index (χ2n) is 4.23. The summed E-state index contributed by atoms with van der Waals surface area (Å²) in [5, 5.41) is 12.8. The lowest BCUT2D eigenvalue weighted by Gasteiger charge is -2.09. The first-order valence-electron chi connectivity index (χ1n) is 5.78. The van der Waals surface area contributed by atoms with Gasteiger partial charge in [0.2, 0.25) is 0 Å². The van der Waals surface area contributed by atoms with E-state index in [0.717, 1.165) is 11.3 Å². The number of nitrogens with one attached hydrogen (secondary N) is 1. The van der Waals surface area contributed by atoms with Crippen LogP contribution in [0.4, 0.5) is 10.1 Å². The normalized spacial score (nSPS) is 10.0. The van der Waals surface area contributed by atoms with E-state index in [1.807, 2.05) is 31.2 Å². The SMILES string of the molecule is Cc1ccc(NCc2cc(F)ccc2C#N)cc1Cl. The summed E-state index contributed by atoms with van der Waals surface area (Å²) >= 11 is 6.03. The molecule has 4 heteroatoms. The zero-order chi connectivity index (χ0) is 13.8. The first-order valence-corrected chi connectivity index (χ1v) is 6.16. The third-order valence-corrected chi connectivity index (χ3v) is 3.25. The topological polar surface area (TPSA) is 35.8 Å². The van der Waals surface area contributed by atoms with Gasteiger partial charge in [-0.1, -0.05) is 17.7 Å². The molecule has 0 saturated heterocycles. The molecule has 0 fully saturated rings. The number of hydrogen-bond donors (Lipinski definition) is 1. The quantitative estimate of drug-likeness (QED) is 0.907. The lowest BCUT2D eigenvalue weighted by molar-refractivity contribution is 0.625. The molecule has 0 aromatic heterocycles. The van der Waals surface area contributed by atoms with Gasteiger partial charge >= 0.3 is 0 Å². The number of benzene rings is 2. The van der Waals surface area contributed by atoms with Crippen molar-refractivity contribution in [2.75, 3.05) is 5.32 Å². The molecule has 2 aromatic carbocycles. The molecule has 0 aliphatic carbocycles. The molecule has 2 nitrogen and oxygen atoms in total. The number of aryl methyl sites for hydroxylation is 1. The van der Waals surface area contributed by atoms with Crippen molar-refractivity contribution in [3.8, 4) is 6.07 Å². The average molecular weight is 275 g/mol. The van der Waals surface area contributed by atoms with Gasteiger partial charge in [-0.15, -0.1) is 0 Å². The Labute approximate surface area is 116 Å². The fraction of sp³-hybridized carbons (Fsp3) is 0.133. The van der Waals surface area contributed by atoms with Gasteiger partial charge in [0.25, 0.3) is 0 Å². The molecule has 0 unspecified atom stereocenters. The van der Waals surface area contributed by atoms with Crippen LogP contribution in [0.3, 0.4) is 0 Å². The van der Waals surface area contributed by atoms with E-state index in [1.165, 1.54) is 18.2 Å². The minimum Gasteiger partial charge on any atom is -0.381 e. The van der Waals surface area contributed by atoms with Crippen LogP contribution in [0.1, 0.15) is 16.7 Å². The lowest BCUT2D eigenvalue weighted by Crippen LogP contribution is -2.02. The molecule has 0 atom stereocenters. The largest absolute Gasteiger partial charge is 0.381 e. The predicted molar refractivity (Wildman–Crippen MR) is 74.6 cm³/mol. The smallest absolute Gasteiger partial charge is 0.123 e. The molecular weight excluding hydrogens is 263 g/mol. The summed E-state index contributed by atoms with van der Waals surface area (Å²) < 4.78 is 13.2. The summed E-state index contributed by atoms with van der Waals surface area (Å²) in [6.07, 6.45) is 0. The summed E-state index contributed by atoms with van der Waals surface area (Å²) in [6.45, 7) is 2.30. The highest BCUT2D eigenvalue weighted by Gasteiger charge is 2.04. The van der Waals surface area contributed by atoms with Gasteiger partial charge in [0.1, 0.15) is 5.82 Å². The minimum atomic E-state index is -0.349. The van der Waals surface area contributed by atoms with Crippen LogP contribution in [0.5, 0.6) is 0 Å². The number of nitrogens with zero attached hydrogens (tertiary/aromatic N) is 1. The second kappa shape index (κ2) is 5.73. The minimum absolute atomic E-state index is 0.349. The Balaban J connectivity index is 2.16. The van der Waals surface area contributed by atoms with Crippen molar-refractivity contribution in [3.63, 3.8) is 0 Å². The Hall–Kier alpha value is -2.05. The highest BCUT2D eigenvalue weighted by Crippen LogP contribution is 2.21. The summed E-state index contributed by atoms with van der Waals surface area (Å²) in [7, 11) is 0. The Morgan fingerprint density at radius 3 is 2.74 bits per heavy atom. The molecule has 0 amide bonds. The summed E-state index contributed by atoms with van der Waals surface area (Å²) in [4.78, 5) is 0. The molecule has 1 N–H and O–H groups in total.